The SMILES string of the molecule is Cc1cccc(Cl)c1Nc1c(N)cncc1Br. The predicted molar refractivity (Wildman–Crippen MR) is 75.8 cm³/mol. The fourth-order valence-corrected chi connectivity index (χ4v) is 2.21. The number of benzene rings is 1. The molecule has 0 fully saturated rings. The number of para-hydroxylation sites is 1. The van der Waals surface area contributed by atoms with Crippen LogP contribution in [-0.4, -0.2) is 4.98 Å². The van der Waals surface area contributed by atoms with E-state index in [-0.39, 0.29) is 0 Å². The third-order valence-electron chi connectivity index (χ3n) is 2.40. The van der Waals surface area contributed by atoms with Crippen LogP contribution in [0.25, 0.3) is 0 Å². The van der Waals surface area contributed by atoms with Gasteiger partial charge in [0, 0.05) is 6.20 Å². The molecule has 0 saturated carbocycles. The molecule has 3 nitrogen and oxygen atoms in total. The van der Waals surface area contributed by atoms with Crippen molar-refractivity contribution in [2.24, 2.45) is 0 Å². The molecule has 0 amide bonds. The molecule has 2 rings (SSSR count). The molecular weight excluding hydrogens is 302 g/mol. The van der Waals surface area contributed by atoms with Crippen LogP contribution in [0, 0.1) is 6.92 Å². The lowest BCUT2D eigenvalue weighted by Crippen LogP contribution is -2.00. The number of pyridine rings is 1. The number of nitrogens with one attached hydrogen (secondary N) is 1. The number of anilines is 3. The number of aryl methyl sites for hydroxylation is 1. The summed E-state index contributed by atoms with van der Waals surface area (Å²) in [5.41, 5.74) is 9.12. The molecule has 0 saturated heterocycles. The van der Waals surface area contributed by atoms with Crippen LogP contribution >= 0.6 is 27.5 Å². The number of hydrogen-bond donors (Lipinski definition) is 2. The lowest BCUT2D eigenvalue weighted by Gasteiger charge is -2.14. The Morgan fingerprint density at radius 1 is 1.29 bits per heavy atom. The second-order valence-electron chi connectivity index (χ2n) is 3.64. The molecule has 0 radical (unpaired) electrons. The number of nitrogen functional groups attached to an aromatic ring is 1. The summed E-state index contributed by atoms with van der Waals surface area (Å²) in [6.07, 6.45) is 3.28. The Balaban J connectivity index is 2.45. The van der Waals surface area contributed by atoms with E-state index < -0.39 is 0 Å². The normalized spacial score (nSPS) is 10.3. The second kappa shape index (κ2) is 4.94. The zero-order chi connectivity index (χ0) is 12.4. The molecule has 3 N–H and O–H groups in total. The van der Waals surface area contributed by atoms with Gasteiger partial charge in [-0.25, -0.2) is 0 Å². The predicted octanol–water partition coefficient (Wildman–Crippen LogP) is 4.13. The topological polar surface area (TPSA) is 50.9 Å². The molecule has 0 unspecified atom stereocenters. The standard InChI is InChI=1S/C12H11BrClN3/c1-7-3-2-4-9(14)11(7)17-12-8(13)5-16-6-10(12)15/h2-6H,15H2,1H3,(H,16,17). The summed E-state index contributed by atoms with van der Waals surface area (Å²) in [6.45, 7) is 1.99. The van der Waals surface area contributed by atoms with Crippen LogP contribution in [0.3, 0.4) is 0 Å². The summed E-state index contributed by atoms with van der Waals surface area (Å²) >= 11 is 9.56. The van der Waals surface area contributed by atoms with Crippen molar-refractivity contribution in [1.29, 1.82) is 0 Å². The minimum Gasteiger partial charge on any atom is -0.396 e. The van der Waals surface area contributed by atoms with Gasteiger partial charge in [0.15, 0.2) is 0 Å². The molecule has 1 heterocycles. The minimum absolute atomic E-state index is 0.568. The zero-order valence-electron chi connectivity index (χ0n) is 9.17. The van der Waals surface area contributed by atoms with E-state index >= 15 is 0 Å². The number of halogens is 2. The third-order valence-corrected chi connectivity index (χ3v) is 3.32. The maximum absolute atomic E-state index is 6.15. The van der Waals surface area contributed by atoms with Crippen molar-refractivity contribution < 1.29 is 0 Å². The van der Waals surface area contributed by atoms with Crippen molar-refractivity contribution in [2.45, 2.75) is 6.92 Å². The Bertz CT molecular complexity index is 467. The zero-order valence-corrected chi connectivity index (χ0v) is 11.5. The van der Waals surface area contributed by atoms with Crippen LogP contribution in [0.4, 0.5) is 17.1 Å². The average molecular weight is 313 g/mol. The molecule has 1 aromatic heterocycles. The molecule has 88 valence electrons. The first-order valence-corrected chi connectivity index (χ1v) is 6.18. The smallest absolute Gasteiger partial charge is 0.0794 e. The summed E-state index contributed by atoms with van der Waals surface area (Å²) in [7, 11) is 0. The first kappa shape index (κ1) is 12.2. The van der Waals surface area contributed by atoms with E-state index in [2.05, 4.69) is 26.2 Å². The maximum atomic E-state index is 6.15. The average Bonchev–Trinajstić information content (AvgIpc) is 2.27. The van der Waals surface area contributed by atoms with E-state index in [1.54, 1.807) is 12.4 Å². The Hall–Kier alpha value is -1.26. The quantitative estimate of drug-likeness (QED) is 0.876. The van der Waals surface area contributed by atoms with Crippen LogP contribution in [0.2, 0.25) is 5.02 Å². The molecule has 5 heteroatoms. The monoisotopic (exact) mass is 311 g/mol. The Morgan fingerprint density at radius 3 is 2.71 bits per heavy atom. The molecule has 0 bridgehead atoms. The van der Waals surface area contributed by atoms with Crippen molar-refractivity contribution in [3.63, 3.8) is 0 Å². The van der Waals surface area contributed by atoms with Gasteiger partial charge in [0.2, 0.25) is 0 Å². The van der Waals surface area contributed by atoms with Gasteiger partial charge in [-0.3, -0.25) is 4.98 Å². The van der Waals surface area contributed by atoms with Gasteiger partial charge in [0.1, 0.15) is 0 Å². The Labute approximate surface area is 113 Å². The highest BCUT2D eigenvalue weighted by Crippen LogP contribution is 2.34. The molecule has 0 spiro atoms. The van der Waals surface area contributed by atoms with E-state index in [9.17, 15) is 0 Å². The van der Waals surface area contributed by atoms with Crippen molar-refractivity contribution in [1.82, 2.24) is 4.98 Å². The van der Waals surface area contributed by atoms with Crippen LogP contribution < -0.4 is 11.1 Å². The summed E-state index contributed by atoms with van der Waals surface area (Å²) in [5, 5.41) is 3.89. The summed E-state index contributed by atoms with van der Waals surface area (Å²) in [6, 6.07) is 5.73. The number of nitrogens with zero attached hydrogens (tertiary/aromatic N) is 1. The van der Waals surface area contributed by atoms with Gasteiger partial charge in [-0.05, 0) is 34.5 Å². The fourth-order valence-electron chi connectivity index (χ4n) is 1.50. The highest BCUT2D eigenvalue weighted by Gasteiger charge is 2.09. The van der Waals surface area contributed by atoms with E-state index in [0.717, 1.165) is 21.4 Å². The van der Waals surface area contributed by atoms with Crippen LogP contribution in [0.5, 0.6) is 0 Å². The molecule has 0 aliphatic carbocycles. The van der Waals surface area contributed by atoms with Gasteiger partial charge in [-0.1, -0.05) is 23.7 Å². The van der Waals surface area contributed by atoms with Gasteiger partial charge in [-0.2, -0.15) is 0 Å². The van der Waals surface area contributed by atoms with E-state index in [1.165, 1.54) is 0 Å². The maximum Gasteiger partial charge on any atom is 0.0794 e. The summed E-state index contributed by atoms with van der Waals surface area (Å²) in [4.78, 5) is 3.99. The first-order valence-electron chi connectivity index (χ1n) is 5.00. The largest absolute Gasteiger partial charge is 0.396 e. The lowest BCUT2D eigenvalue weighted by atomic mass is 10.2. The summed E-state index contributed by atoms with van der Waals surface area (Å²) in [5.74, 6) is 0. The van der Waals surface area contributed by atoms with Crippen LogP contribution in [0.1, 0.15) is 5.56 Å². The molecule has 0 atom stereocenters. The van der Waals surface area contributed by atoms with Gasteiger partial charge < -0.3 is 11.1 Å². The highest BCUT2D eigenvalue weighted by molar-refractivity contribution is 9.10. The molecule has 0 aliphatic heterocycles. The molecule has 2 aromatic rings. The van der Waals surface area contributed by atoms with E-state index in [1.807, 2.05) is 25.1 Å². The highest BCUT2D eigenvalue weighted by atomic mass is 79.9. The van der Waals surface area contributed by atoms with E-state index in [0.29, 0.717) is 10.7 Å². The molecule has 17 heavy (non-hydrogen) atoms. The van der Waals surface area contributed by atoms with Crippen molar-refractivity contribution in [3.05, 3.63) is 45.7 Å². The van der Waals surface area contributed by atoms with Gasteiger partial charge in [0.05, 0.1) is 32.8 Å². The Kier molecular flexibility index (Phi) is 3.54. The number of aromatic nitrogens is 1. The first-order chi connectivity index (χ1) is 8.09. The molecule has 0 aliphatic rings. The summed E-state index contributed by atoms with van der Waals surface area (Å²) < 4.78 is 0.803. The second-order valence-corrected chi connectivity index (χ2v) is 4.90. The lowest BCUT2D eigenvalue weighted by molar-refractivity contribution is 1.30. The number of hydrogen-bond acceptors (Lipinski definition) is 3. The van der Waals surface area contributed by atoms with E-state index in [4.69, 9.17) is 17.3 Å². The van der Waals surface area contributed by atoms with Crippen molar-refractivity contribution in [2.75, 3.05) is 11.1 Å². The van der Waals surface area contributed by atoms with Gasteiger partial charge in [-0.15, -0.1) is 0 Å². The van der Waals surface area contributed by atoms with Crippen LogP contribution in [-0.2, 0) is 0 Å². The Morgan fingerprint density at radius 2 is 2.06 bits per heavy atom. The van der Waals surface area contributed by atoms with Crippen LogP contribution in [0.15, 0.2) is 35.1 Å². The van der Waals surface area contributed by atoms with Gasteiger partial charge >= 0.3 is 0 Å². The van der Waals surface area contributed by atoms with Crippen molar-refractivity contribution in [3.8, 4) is 0 Å². The third kappa shape index (κ3) is 2.53. The molecule has 1 aromatic carbocycles. The van der Waals surface area contributed by atoms with Gasteiger partial charge in [0.25, 0.3) is 0 Å². The number of nitrogens with two attached hydrogens (primary N) is 1. The number of rotatable bonds is 2. The fraction of sp³-hybridized carbons (Fsp3) is 0.0833. The van der Waals surface area contributed by atoms with Crippen molar-refractivity contribution >= 4 is 44.6 Å². The minimum atomic E-state index is 0.568. The molecular formula is C12H11BrClN3.